The molecule has 0 aromatic heterocycles. The van der Waals surface area contributed by atoms with Gasteiger partial charge in [-0.1, -0.05) is 19.8 Å². The van der Waals surface area contributed by atoms with Crippen molar-refractivity contribution in [2.75, 3.05) is 0 Å². The van der Waals surface area contributed by atoms with Crippen molar-refractivity contribution in [2.45, 2.75) is 57.4 Å². The maximum atomic E-state index is 11.5. The second kappa shape index (κ2) is 5.14. The number of carbonyl (C=O) groups is 2. The molecule has 2 N–H and O–H groups in total. The van der Waals surface area contributed by atoms with Gasteiger partial charge in [0.2, 0.25) is 5.91 Å². The number of carboxylic acid groups (broad SMARTS) is 1. The van der Waals surface area contributed by atoms with Crippen LogP contribution in [0.5, 0.6) is 0 Å². The minimum absolute atomic E-state index is 0.120. The molecule has 1 aliphatic carbocycles. The van der Waals surface area contributed by atoms with Crippen molar-refractivity contribution < 1.29 is 14.7 Å². The molecule has 0 aromatic rings. The number of amides is 1. The average molecular weight is 213 g/mol. The van der Waals surface area contributed by atoms with E-state index in [9.17, 15) is 9.59 Å². The van der Waals surface area contributed by atoms with Crippen LogP contribution in [0.25, 0.3) is 0 Å². The number of unbranched alkanes of at least 4 members (excludes halogenated alkanes) is 2. The van der Waals surface area contributed by atoms with Gasteiger partial charge in [-0.3, -0.25) is 4.79 Å². The van der Waals surface area contributed by atoms with Crippen LogP contribution < -0.4 is 5.32 Å². The predicted molar refractivity (Wildman–Crippen MR) is 56.5 cm³/mol. The minimum atomic E-state index is -0.941. The molecule has 0 aromatic carbocycles. The number of hydrogen-bond donors (Lipinski definition) is 2. The Bertz CT molecular complexity index is 246. The molecule has 0 heterocycles. The van der Waals surface area contributed by atoms with E-state index < -0.39 is 11.5 Å². The molecular formula is C11H19NO3. The number of carbonyl (C=O) groups excluding carboxylic acids is 1. The van der Waals surface area contributed by atoms with Gasteiger partial charge in [0, 0.05) is 6.42 Å². The van der Waals surface area contributed by atoms with Crippen molar-refractivity contribution >= 4 is 11.9 Å². The molecule has 0 atom stereocenters. The van der Waals surface area contributed by atoms with Gasteiger partial charge in [0.15, 0.2) is 0 Å². The van der Waals surface area contributed by atoms with Crippen LogP contribution in [0.3, 0.4) is 0 Å². The van der Waals surface area contributed by atoms with E-state index in [1.807, 2.05) is 0 Å². The standard InChI is InChI=1S/C11H19NO3/c1-2-3-4-6-9(13)12-11(10(14)15)7-5-8-11/h2-8H2,1H3,(H,12,13)(H,14,15). The molecule has 4 heteroatoms. The fourth-order valence-corrected chi connectivity index (χ4v) is 1.79. The first-order valence-corrected chi connectivity index (χ1v) is 5.65. The van der Waals surface area contributed by atoms with Gasteiger partial charge in [-0.25, -0.2) is 4.79 Å². The summed E-state index contributed by atoms with van der Waals surface area (Å²) in [7, 11) is 0. The van der Waals surface area contributed by atoms with Crippen LogP contribution in [0.4, 0.5) is 0 Å². The van der Waals surface area contributed by atoms with Crippen LogP contribution in [0.1, 0.15) is 51.9 Å². The first-order valence-electron chi connectivity index (χ1n) is 5.65. The molecule has 1 fully saturated rings. The van der Waals surface area contributed by atoms with Crippen molar-refractivity contribution in [3.05, 3.63) is 0 Å². The quantitative estimate of drug-likeness (QED) is 0.660. The summed E-state index contributed by atoms with van der Waals surface area (Å²) in [4.78, 5) is 22.4. The van der Waals surface area contributed by atoms with E-state index in [2.05, 4.69) is 12.2 Å². The summed E-state index contributed by atoms with van der Waals surface area (Å²) in [5, 5.41) is 11.6. The second-order valence-corrected chi connectivity index (χ2v) is 4.25. The minimum Gasteiger partial charge on any atom is -0.480 e. The van der Waals surface area contributed by atoms with Gasteiger partial charge in [0.1, 0.15) is 5.54 Å². The second-order valence-electron chi connectivity index (χ2n) is 4.25. The molecular weight excluding hydrogens is 194 g/mol. The summed E-state index contributed by atoms with van der Waals surface area (Å²) in [6.45, 7) is 2.07. The van der Waals surface area contributed by atoms with Crippen molar-refractivity contribution in [3.63, 3.8) is 0 Å². The van der Waals surface area contributed by atoms with E-state index in [1.165, 1.54) is 0 Å². The third-order valence-electron chi connectivity index (χ3n) is 3.00. The average Bonchev–Trinajstić information content (AvgIpc) is 2.11. The number of nitrogens with one attached hydrogen (secondary N) is 1. The van der Waals surface area contributed by atoms with Gasteiger partial charge < -0.3 is 10.4 Å². The zero-order valence-electron chi connectivity index (χ0n) is 9.21. The highest BCUT2D eigenvalue weighted by Gasteiger charge is 2.45. The largest absolute Gasteiger partial charge is 0.480 e. The highest BCUT2D eigenvalue weighted by atomic mass is 16.4. The maximum absolute atomic E-state index is 11.5. The molecule has 0 spiro atoms. The summed E-state index contributed by atoms with van der Waals surface area (Å²) in [6, 6.07) is 0. The van der Waals surface area contributed by atoms with Gasteiger partial charge in [-0.15, -0.1) is 0 Å². The lowest BCUT2D eigenvalue weighted by atomic mass is 9.76. The predicted octanol–water partition coefficient (Wildman–Crippen LogP) is 1.69. The molecule has 1 aliphatic rings. The molecule has 0 aliphatic heterocycles. The normalized spacial score (nSPS) is 17.9. The van der Waals surface area contributed by atoms with Gasteiger partial charge in [0.25, 0.3) is 0 Å². The van der Waals surface area contributed by atoms with E-state index in [-0.39, 0.29) is 5.91 Å². The van der Waals surface area contributed by atoms with E-state index >= 15 is 0 Å². The third-order valence-corrected chi connectivity index (χ3v) is 3.00. The lowest BCUT2D eigenvalue weighted by Crippen LogP contribution is -2.59. The van der Waals surface area contributed by atoms with E-state index in [0.29, 0.717) is 19.3 Å². The zero-order valence-corrected chi connectivity index (χ0v) is 9.21. The van der Waals surface area contributed by atoms with E-state index in [0.717, 1.165) is 25.7 Å². The van der Waals surface area contributed by atoms with Crippen molar-refractivity contribution in [3.8, 4) is 0 Å². The molecule has 1 amide bonds. The van der Waals surface area contributed by atoms with Crippen molar-refractivity contribution in [1.82, 2.24) is 5.32 Å². The fourth-order valence-electron chi connectivity index (χ4n) is 1.79. The summed E-state index contributed by atoms with van der Waals surface area (Å²) in [5.74, 6) is -1.01. The Morgan fingerprint density at radius 2 is 2.00 bits per heavy atom. The van der Waals surface area contributed by atoms with Crippen molar-refractivity contribution in [2.24, 2.45) is 0 Å². The smallest absolute Gasteiger partial charge is 0.329 e. The summed E-state index contributed by atoms with van der Waals surface area (Å²) in [6.07, 6.45) is 5.41. The van der Waals surface area contributed by atoms with Gasteiger partial charge in [-0.2, -0.15) is 0 Å². The molecule has 0 saturated heterocycles. The maximum Gasteiger partial charge on any atom is 0.329 e. The van der Waals surface area contributed by atoms with Crippen LogP contribution in [-0.2, 0) is 9.59 Å². The Kier molecular flexibility index (Phi) is 4.12. The van der Waals surface area contributed by atoms with Crippen LogP contribution in [-0.4, -0.2) is 22.5 Å². The van der Waals surface area contributed by atoms with Crippen LogP contribution >= 0.6 is 0 Å². The summed E-state index contributed by atoms with van der Waals surface area (Å²) in [5.41, 5.74) is -0.941. The molecule has 4 nitrogen and oxygen atoms in total. The molecule has 0 bridgehead atoms. The Balaban J connectivity index is 2.32. The zero-order chi connectivity index (χ0) is 11.3. The highest BCUT2D eigenvalue weighted by molar-refractivity contribution is 5.87. The number of aliphatic carboxylic acids is 1. The molecule has 0 radical (unpaired) electrons. The van der Waals surface area contributed by atoms with Crippen LogP contribution in [0, 0.1) is 0 Å². The SMILES string of the molecule is CCCCCC(=O)NC1(C(=O)O)CCC1. The van der Waals surface area contributed by atoms with Gasteiger partial charge in [0.05, 0.1) is 0 Å². The van der Waals surface area contributed by atoms with E-state index in [4.69, 9.17) is 5.11 Å². The molecule has 0 unspecified atom stereocenters. The van der Waals surface area contributed by atoms with E-state index in [1.54, 1.807) is 0 Å². The molecule has 1 rings (SSSR count). The Morgan fingerprint density at radius 3 is 2.40 bits per heavy atom. The monoisotopic (exact) mass is 213 g/mol. The first kappa shape index (κ1) is 12.0. The lowest BCUT2D eigenvalue weighted by Gasteiger charge is -2.38. The van der Waals surface area contributed by atoms with Gasteiger partial charge >= 0.3 is 5.97 Å². The Labute approximate surface area is 90.0 Å². The Morgan fingerprint density at radius 1 is 1.33 bits per heavy atom. The van der Waals surface area contributed by atoms with Crippen molar-refractivity contribution in [1.29, 1.82) is 0 Å². The topological polar surface area (TPSA) is 66.4 Å². The van der Waals surface area contributed by atoms with Crippen LogP contribution in [0.15, 0.2) is 0 Å². The van der Waals surface area contributed by atoms with Gasteiger partial charge in [-0.05, 0) is 25.7 Å². The third kappa shape index (κ3) is 2.94. The lowest BCUT2D eigenvalue weighted by molar-refractivity contribution is -0.151. The first-order chi connectivity index (χ1) is 7.10. The molecule has 15 heavy (non-hydrogen) atoms. The molecule has 1 saturated carbocycles. The number of hydrogen-bond acceptors (Lipinski definition) is 2. The molecule has 86 valence electrons. The van der Waals surface area contributed by atoms with Crippen LogP contribution in [0.2, 0.25) is 0 Å². The number of rotatable bonds is 6. The number of carboxylic acids is 1. The highest BCUT2D eigenvalue weighted by Crippen LogP contribution is 2.32. The summed E-state index contributed by atoms with van der Waals surface area (Å²) >= 11 is 0. The Hall–Kier alpha value is -1.06. The fraction of sp³-hybridized carbons (Fsp3) is 0.818. The summed E-state index contributed by atoms with van der Waals surface area (Å²) < 4.78 is 0.